The zero-order valence-electron chi connectivity index (χ0n) is 8.69. The second kappa shape index (κ2) is 4.49. The number of aliphatic hydroxyl groups is 1. The summed E-state index contributed by atoms with van der Waals surface area (Å²) in [6.45, 7) is 0. The third-order valence-corrected chi connectivity index (χ3v) is 2.87. The second-order valence-corrected chi connectivity index (χ2v) is 4.07. The zero-order valence-corrected chi connectivity index (χ0v) is 8.69. The van der Waals surface area contributed by atoms with Gasteiger partial charge in [0.25, 0.3) is 0 Å². The monoisotopic (exact) mass is 207 g/mol. The molecule has 2 rings (SSSR count). The van der Waals surface area contributed by atoms with Crippen LogP contribution in [-0.2, 0) is 0 Å². The molecule has 1 aromatic rings. The van der Waals surface area contributed by atoms with Gasteiger partial charge >= 0.3 is 0 Å². The van der Waals surface area contributed by atoms with Crippen LogP contribution in [0.1, 0.15) is 25.7 Å². The SMILES string of the molecule is Nc1ccc(NC2CCCCC2O)cn1. The summed E-state index contributed by atoms with van der Waals surface area (Å²) in [5.74, 6) is 0.518. The molecule has 1 aliphatic carbocycles. The molecule has 1 aromatic heterocycles. The molecule has 4 heteroatoms. The molecule has 0 saturated heterocycles. The predicted octanol–water partition coefficient (Wildman–Crippen LogP) is 1.38. The number of pyridine rings is 1. The molecule has 1 heterocycles. The summed E-state index contributed by atoms with van der Waals surface area (Å²) in [6.07, 6.45) is 5.68. The Kier molecular flexibility index (Phi) is 3.06. The van der Waals surface area contributed by atoms with E-state index in [2.05, 4.69) is 10.3 Å². The van der Waals surface area contributed by atoms with Gasteiger partial charge in [0.2, 0.25) is 0 Å². The number of aliphatic hydroxyl groups excluding tert-OH is 1. The van der Waals surface area contributed by atoms with Gasteiger partial charge in [0.1, 0.15) is 5.82 Å². The van der Waals surface area contributed by atoms with Crippen LogP contribution in [0.2, 0.25) is 0 Å². The number of nitrogens with one attached hydrogen (secondary N) is 1. The molecule has 4 N–H and O–H groups in total. The fraction of sp³-hybridized carbons (Fsp3) is 0.545. The van der Waals surface area contributed by atoms with E-state index in [9.17, 15) is 5.11 Å². The van der Waals surface area contributed by atoms with Crippen LogP contribution in [0.3, 0.4) is 0 Å². The second-order valence-electron chi connectivity index (χ2n) is 4.07. The minimum absolute atomic E-state index is 0.157. The van der Waals surface area contributed by atoms with Crippen molar-refractivity contribution in [1.29, 1.82) is 0 Å². The Labute approximate surface area is 89.5 Å². The van der Waals surface area contributed by atoms with Crippen LogP contribution in [0.4, 0.5) is 11.5 Å². The molecule has 0 amide bonds. The predicted molar refractivity (Wildman–Crippen MR) is 60.5 cm³/mol. The number of aromatic nitrogens is 1. The Balaban J connectivity index is 1.98. The first-order valence-electron chi connectivity index (χ1n) is 5.42. The smallest absolute Gasteiger partial charge is 0.123 e. The number of hydrogen-bond donors (Lipinski definition) is 3. The van der Waals surface area contributed by atoms with Crippen LogP contribution in [0.5, 0.6) is 0 Å². The van der Waals surface area contributed by atoms with Gasteiger partial charge in [-0.05, 0) is 25.0 Å². The molecule has 0 aliphatic heterocycles. The van der Waals surface area contributed by atoms with E-state index in [1.807, 2.05) is 6.07 Å². The van der Waals surface area contributed by atoms with E-state index in [1.165, 1.54) is 6.42 Å². The average Bonchev–Trinajstić information content (AvgIpc) is 2.25. The van der Waals surface area contributed by atoms with Gasteiger partial charge in [-0.1, -0.05) is 12.8 Å². The van der Waals surface area contributed by atoms with E-state index in [4.69, 9.17) is 5.73 Å². The fourth-order valence-electron chi connectivity index (χ4n) is 1.98. The van der Waals surface area contributed by atoms with Crippen molar-refractivity contribution in [2.45, 2.75) is 37.8 Å². The van der Waals surface area contributed by atoms with Crippen LogP contribution >= 0.6 is 0 Å². The number of nitrogens with zero attached hydrogens (tertiary/aromatic N) is 1. The Hall–Kier alpha value is -1.29. The molecule has 2 unspecified atom stereocenters. The Morgan fingerprint density at radius 2 is 2.13 bits per heavy atom. The van der Waals surface area contributed by atoms with Crippen molar-refractivity contribution in [2.24, 2.45) is 0 Å². The lowest BCUT2D eigenvalue weighted by Crippen LogP contribution is -2.36. The highest BCUT2D eigenvalue weighted by Gasteiger charge is 2.22. The maximum Gasteiger partial charge on any atom is 0.123 e. The van der Waals surface area contributed by atoms with Gasteiger partial charge in [-0.3, -0.25) is 0 Å². The molecule has 0 spiro atoms. The lowest BCUT2D eigenvalue weighted by Gasteiger charge is -2.29. The molecular formula is C11H17N3O. The van der Waals surface area contributed by atoms with Gasteiger partial charge in [0.15, 0.2) is 0 Å². The standard InChI is InChI=1S/C11H17N3O/c12-11-6-5-8(7-13-11)14-9-3-1-2-4-10(9)15/h5-7,9-10,14-15H,1-4H2,(H2,12,13). The molecule has 2 atom stereocenters. The van der Waals surface area contributed by atoms with Gasteiger partial charge in [-0.15, -0.1) is 0 Å². The van der Waals surface area contributed by atoms with Crippen molar-refractivity contribution >= 4 is 11.5 Å². The van der Waals surface area contributed by atoms with E-state index < -0.39 is 0 Å². The largest absolute Gasteiger partial charge is 0.391 e. The summed E-state index contributed by atoms with van der Waals surface area (Å²) in [6, 6.07) is 3.81. The minimum Gasteiger partial charge on any atom is -0.391 e. The molecule has 82 valence electrons. The van der Waals surface area contributed by atoms with Gasteiger partial charge < -0.3 is 16.2 Å². The van der Waals surface area contributed by atoms with Crippen LogP contribution < -0.4 is 11.1 Å². The molecule has 1 fully saturated rings. The Morgan fingerprint density at radius 1 is 1.33 bits per heavy atom. The molecule has 1 aliphatic rings. The molecular weight excluding hydrogens is 190 g/mol. The summed E-state index contributed by atoms with van der Waals surface area (Å²) >= 11 is 0. The summed E-state index contributed by atoms with van der Waals surface area (Å²) in [4.78, 5) is 4.00. The quantitative estimate of drug-likeness (QED) is 0.685. The van der Waals surface area contributed by atoms with Crippen LogP contribution in [0, 0.1) is 0 Å². The lowest BCUT2D eigenvalue weighted by molar-refractivity contribution is 0.116. The van der Waals surface area contributed by atoms with Crippen LogP contribution in [0.15, 0.2) is 18.3 Å². The van der Waals surface area contributed by atoms with Gasteiger partial charge in [0, 0.05) is 0 Å². The normalized spacial score (nSPS) is 26.2. The Bertz CT molecular complexity index is 312. The number of nitrogen functional groups attached to an aromatic ring is 1. The van der Waals surface area contributed by atoms with Crippen molar-refractivity contribution < 1.29 is 5.11 Å². The Morgan fingerprint density at radius 3 is 2.80 bits per heavy atom. The number of hydrogen-bond acceptors (Lipinski definition) is 4. The zero-order chi connectivity index (χ0) is 10.7. The van der Waals surface area contributed by atoms with Crippen LogP contribution in [0.25, 0.3) is 0 Å². The van der Waals surface area contributed by atoms with E-state index in [0.29, 0.717) is 5.82 Å². The first-order valence-corrected chi connectivity index (χ1v) is 5.42. The van der Waals surface area contributed by atoms with Crippen LogP contribution in [-0.4, -0.2) is 22.2 Å². The third kappa shape index (κ3) is 2.59. The van der Waals surface area contributed by atoms with Crippen molar-refractivity contribution in [1.82, 2.24) is 4.98 Å². The molecule has 0 bridgehead atoms. The summed E-state index contributed by atoms with van der Waals surface area (Å²) in [5, 5.41) is 13.1. The van der Waals surface area contributed by atoms with E-state index in [-0.39, 0.29) is 12.1 Å². The minimum atomic E-state index is -0.240. The van der Waals surface area contributed by atoms with Crippen molar-refractivity contribution in [3.63, 3.8) is 0 Å². The maximum atomic E-state index is 9.78. The van der Waals surface area contributed by atoms with Crippen molar-refractivity contribution in [3.05, 3.63) is 18.3 Å². The molecule has 0 radical (unpaired) electrons. The van der Waals surface area contributed by atoms with Gasteiger partial charge in [-0.2, -0.15) is 0 Å². The van der Waals surface area contributed by atoms with Crippen molar-refractivity contribution in [3.8, 4) is 0 Å². The topological polar surface area (TPSA) is 71.2 Å². The average molecular weight is 207 g/mol. The highest BCUT2D eigenvalue weighted by molar-refractivity contribution is 5.46. The molecule has 4 nitrogen and oxygen atoms in total. The first kappa shape index (κ1) is 10.2. The van der Waals surface area contributed by atoms with Gasteiger partial charge in [-0.25, -0.2) is 4.98 Å². The summed E-state index contributed by atoms with van der Waals surface area (Å²) in [7, 11) is 0. The lowest BCUT2D eigenvalue weighted by atomic mass is 9.92. The highest BCUT2D eigenvalue weighted by Crippen LogP contribution is 2.22. The van der Waals surface area contributed by atoms with Gasteiger partial charge in [0.05, 0.1) is 24.0 Å². The van der Waals surface area contributed by atoms with E-state index >= 15 is 0 Å². The fourth-order valence-corrected chi connectivity index (χ4v) is 1.98. The number of nitrogens with two attached hydrogens (primary N) is 1. The molecule has 0 aromatic carbocycles. The molecule has 15 heavy (non-hydrogen) atoms. The number of rotatable bonds is 2. The summed E-state index contributed by atoms with van der Waals surface area (Å²) in [5.41, 5.74) is 6.42. The highest BCUT2D eigenvalue weighted by atomic mass is 16.3. The van der Waals surface area contributed by atoms with E-state index in [0.717, 1.165) is 24.9 Å². The van der Waals surface area contributed by atoms with E-state index in [1.54, 1.807) is 12.3 Å². The van der Waals surface area contributed by atoms with Crippen molar-refractivity contribution in [2.75, 3.05) is 11.1 Å². The molecule has 1 saturated carbocycles. The number of anilines is 2. The summed E-state index contributed by atoms with van der Waals surface area (Å²) < 4.78 is 0. The third-order valence-electron chi connectivity index (χ3n) is 2.87. The first-order chi connectivity index (χ1) is 7.25. The maximum absolute atomic E-state index is 9.78.